The molecule has 3 aromatic rings. The number of aromatic hydroxyl groups is 1. The summed E-state index contributed by atoms with van der Waals surface area (Å²) in [6, 6.07) is 9.14. The second-order valence-corrected chi connectivity index (χ2v) is 7.21. The first-order valence-electron chi connectivity index (χ1n) is 9.98. The Morgan fingerprint density at radius 1 is 1.17 bits per heavy atom. The third-order valence-electron chi connectivity index (χ3n) is 5.16. The van der Waals surface area contributed by atoms with Crippen molar-refractivity contribution in [2.45, 2.75) is 6.42 Å². The predicted molar refractivity (Wildman–Crippen MR) is 114 cm³/mol. The van der Waals surface area contributed by atoms with Crippen molar-refractivity contribution in [3.8, 4) is 5.88 Å². The normalized spacial score (nSPS) is 15.3. The topological polar surface area (TPSA) is 72.9 Å². The number of nitrogens with zero attached hydrogens (tertiary/aromatic N) is 2. The summed E-state index contributed by atoms with van der Waals surface area (Å²) >= 11 is 0. The molecule has 1 saturated heterocycles. The SMILES string of the molecule is Oc1[nH]c2cccc(F)c2c1C=Nc1ccc(NCCCN2CCOCC2)c(F)c1. The number of anilines is 1. The number of ether oxygens (including phenoxy) is 1. The Labute approximate surface area is 173 Å². The van der Waals surface area contributed by atoms with Gasteiger partial charge >= 0.3 is 0 Å². The number of fused-ring (bicyclic) bond motifs is 1. The van der Waals surface area contributed by atoms with Crippen molar-refractivity contribution >= 4 is 28.5 Å². The molecule has 0 radical (unpaired) electrons. The number of aromatic nitrogens is 1. The zero-order chi connectivity index (χ0) is 20.9. The van der Waals surface area contributed by atoms with E-state index in [0.29, 0.717) is 23.4 Å². The van der Waals surface area contributed by atoms with Crippen LogP contribution in [0.25, 0.3) is 10.9 Å². The lowest BCUT2D eigenvalue weighted by Gasteiger charge is -2.26. The summed E-state index contributed by atoms with van der Waals surface area (Å²) in [6.07, 6.45) is 2.24. The monoisotopic (exact) mass is 414 g/mol. The summed E-state index contributed by atoms with van der Waals surface area (Å²) in [5.74, 6) is -1.06. The molecule has 0 saturated carbocycles. The van der Waals surface area contributed by atoms with E-state index in [9.17, 15) is 13.9 Å². The molecule has 2 aromatic carbocycles. The van der Waals surface area contributed by atoms with E-state index in [1.54, 1.807) is 24.3 Å². The van der Waals surface area contributed by atoms with Gasteiger partial charge in [-0.15, -0.1) is 0 Å². The van der Waals surface area contributed by atoms with Gasteiger partial charge in [-0.1, -0.05) is 6.07 Å². The number of aliphatic imine (C=N–C) groups is 1. The van der Waals surface area contributed by atoms with Crippen molar-refractivity contribution in [1.82, 2.24) is 9.88 Å². The van der Waals surface area contributed by atoms with Crippen LogP contribution in [-0.4, -0.2) is 60.6 Å². The van der Waals surface area contributed by atoms with Gasteiger partial charge in [0.05, 0.1) is 35.7 Å². The van der Waals surface area contributed by atoms with Crippen LogP contribution in [0.4, 0.5) is 20.2 Å². The molecule has 1 aliphatic rings. The quantitative estimate of drug-likeness (QED) is 0.403. The highest BCUT2D eigenvalue weighted by molar-refractivity contribution is 6.02. The van der Waals surface area contributed by atoms with Gasteiger partial charge in [0.2, 0.25) is 0 Å². The number of halogens is 2. The maximum atomic E-state index is 14.4. The molecule has 0 amide bonds. The minimum absolute atomic E-state index is 0.183. The van der Waals surface area contributed by atoms with E-state index in [1.807, 2.05) is 0 Å². The maximum Gasteiger partial charge on any atom is 0.198 e. The molecule has 158 valence electrons. The van der Waals surface area contributed by atoms with Gasteiger partial charge in [-0.05, 0) is 37.2 Å². The second kappa shape index (κ2) is 9.23. The molecule has 0 aliphatic carbocycles. The highest BCUT2D eigenvalue weighted by Gasteiger charge is 2.13. The highest BCUT2D eigenvalue weighted by Crippen LogP contribution is 2.29. The van der Waals surface area contributed by atoms with Crippen LogP contribution in [0, 0.1) is 11.6 Å². The molecule has 0 unspecified atom stereocenters. The number of hydrogen-bond donors (Lipinski definition) is 3. The predicted octanol–water partition coefficient (Wildman–Crippen LogP) is 4.04. The maximum absolute atomic E-state index is 14.4. The molecule has 4 rings (SSSR count). The lowest BCUT2D eigenvalue weighted by Crippen LogP contribution is -2.37. The van der Waals surface area contributed by atoms with Crippen molar-refractivity contribution in [2.24, 2.45) is 4.99 Å². The van der Waals surface area contributed by atoms with E-state index in [0.717, 1.165) is 39.3 Å². The summed E-state index contributed by atoms with van der Waals surface area (Å²) < 4.78 is 33.8. The molecule has 0 bridgehead atoms. The van der Waals surface area contributed by atoms with E-state index in [-0.39, 0.29) is 16.8 Å². The van der Waals surface area contributed by atoms with Crippen LogP contribution in [0.2, 0.25) is 0 Å². The smallest absolute Gasteiger partial charge is 0.198 e. The molecule has 30 heavy (non-hydrogen) atoms. The number of nitrogens with one attached hydrogen (secondary N) is 2. The Morgan fingerprint density at radius 2 is 2.00 bits per heavy atom. The van der Waals surface area contributed by atoms with Crippen molar-refractivity contribution in [1.29, 1.82) is 0 Å². The Bertz CT molecular complexity index is 1050. The van der Waals surface area contributed by atoms with E-state index >= 15 is 0 Å². The van der Waals surface area contributed by atoms with E-state index in [4.69, 9.17) is 4.74 Å². The lowest BCUT2D eigenvalue weighted by molar-refractivity contribution is 0.0378. The number of H-pyrrole nitrogens is 1. The molecular formula is C22H24F2N4O2. The van der Waals surface area contributed by atoms with Crippen LogP contribution in [-0.2, 0) is 4.74 Å². The summed E-state index contributed by atoms with van der Waals surface area (Å²) in [7, 11) is 0. The first-order chi connectivity index (χ1) is 14.6. The standard InChI is InChI=1S/C22H24F2N4O2/c23-17-3-1-4-20-21(17)16(22(29)27-20)14-26-15-5-6-19(18(24)13-15)25-7-2-8-28-9-11-30-12-10-28/h1,3-6,13-14,25,27,29H,2,7-12H2. The zero-order valence-corrected chi connectivity index (χ0v) is 16.5. The molecule has 2 heterocycles. The summed E-state index contributed by atoms with van der Waals surface area (Å²) in [6.45, 7) is 5.04. The Hall–Kier alpha value is -2.97. The minimum Gasteiger partial charge on any atom is -0.494 e. The third kappa shape index (κ3) is 4.60. The van der Waals surface area contributed by atoms with E-state index in [1.165, 1.54) is 18.3 Å². The summed E-state index contributed by atoms with van der Waals surface area (Å²) in [4.78, 5) is 9.24. The highest BCUT2D eigenvalue weighted by atomic mass is 19.1. The average molecular weight is 414 g/mol. The van der Waals surface area contributed by atoms with Crippen LogP contribution < -0.4 is 5.32 Å². The molecule has 3 N–H and O–H groups in total. The van der Waals surface area contributed by atoms with Gasteiger partial charge < -0.3 is 20.1 Å². The van der Waals surface area contributed by atoms with Crippen molar-refractivity contribution < 1.29 is 18.6 Å². The Balaban J connectivity index is 1.38. The van der Waals surface area contributed by atoms with Gasteiger partial charge in [0, 0.05) is 37.3 Å². The van der Waals surface area contributed by atoms with Crippen molar-refractivity contribution in [3.05, 3.63) is 53.6 Å². The average Bonchev–Trinajstić information content (AvgIpc) is 3.08. The number of aromatic amines is 1. The van der Waals surface area contributed by atoms with Crippen LogP contribution in [0.15, 0.2) is 41.4 Å². The van der Waals surface area contributed by atoms with Gasteiger partial charge in [0.1, 0.15) is 11.6 Å². The molecule has 0 spiro atoms. The van der Waals surface area contributed by atoms with Crippen LogP contribution in [0.1, 0.15) is 12.0 Å². The Kier molecular flexibility index (Phi) is 6.25. The van der Waals surface area contributed by atoms with Crippen LogP contribution in [0.3, 0.4) is 0 Å². The fourth-order valence-electron chi connectivity index (χ4n) is 3.56. The van der Waals surface area contributed by atoms with Crippen molar-refractivity contribution in [2.75, 3.05) is 44.7 Å². The number of hydrogen-bond acceptors (Lipinski definition) is 5. The molecule has 1 aliphatic heterocycles. The van der Waals surface area contributed by atoms with Gasteiger partial charge in [-0.2, -0.15) is 0 Å². The molecule has 0 atom stereocenters. The lowest BCUT2D eigenvalue weighted by atomic mass is 10.1. The Morgan fingerprint density at radius 3 is 2.80 bits per heavy atom. The molecule has 1 fully saturated rings. The van der Waals surface area contributed by atoms with E-state index in [2.05, 4.69) is 20.2 Å². The minimum atomic E-state index is -0.465. The van der Waals surface area contributed by atoms with Gasteiger partial charge in [0.15, 0.2) is 5.88 Å². The van der Waals surface area contributed by atoms with E-state index < -0.39 is 11.6 Å². The van der Waals surface area contributed by atoms with Gasteiger partial charge in [-0.3, -0.25) is 9.89 Å². The fourth-order valence-corrected chi connectivity index (χ4v) is 3.56. The largest absolute Gasteiger partial charge is 0.494 e. The third-order valence-corrected chi connectivity index (χ3v) is 5.16. The number of morpholine rings is 1. The molecular weight excluding hydrogens is 390 g/mol. The molecule has 8 heteroatoms. The first-order valence-corrected chi connectivity index (χ1v) is 9.98. The first kappa shape index (κ1) is 20.3. The van der Waals surface area contributed by atoms with Gasteiger partial charge in [-0.25, -0.2) is 8.78 Å². The second-order valence-electron chi connectivity index (χ2n) is 7.21. The molecule has 6 nitrogen and oxygen atoms in total. The van der Waals surface area contributed by atoms with Crippen LogP contribution >= 0.6 is 0 Å². The fraction of sp³-hybridized carbons (Fsp3) is 0.318. The van der Waals surface area contributed by atoms with Gasteiger partial charge in [0.25, 0.3) is 0 Å². The van der Waals surface area contributed by atoms with Crippen molar-refractivity contribution in [3.63, 3.8) is 0 Å². The zero-order valence-electron chi connectivity index (χ0n) is 16.5. The molecule has 1 aromatic heterocycles. The summed E-state index contributed by atoms with van der Waals surface area (Å²) in [5.41, 5.74) is 1.49. The van der Waals surface area contributed by atoms with Crippen LogP contribution in [0.5, 0.6) is 5.88 Å². The number of benzene rings is 2. The summed E-state index contributed by atoms with van der Waals surface area (Å²) in [5, 5.41) is 13.4. The number of rotatable bonds is 7.